The molecule has 1 saturated carbocycles. The average Bonchev–Trinajstić information content (AvgIpc) is 2.72. The van der Waals surface area contributed by atoms with E-state index in [9.17, 15) is 13.2 Å². The van der Waals surface area contributed by atoms with Gasteiger partial charge in [0.1, 0.15) is 0 Å². The van der Waals surface area contributed by atoms with Crippen LogP contribution in [-0.2, 0) is 19.6 Å². The topological polar surface area (TPSA) is 79.0 Å². The molecule has 7 nitrogen and oxygen atoms in total. The number of rotatable bonds is 2. The van der Waals surface area contributed by atoms with Gasteiger partial charge < -0.3 is 14.5 Å². The fourth-order valence-electron chi connectivity index (χ4n) is 5.32. The van der Waals surface area contributed by atoms with Gasteiger partial charge in [0, 0.05) is 25.3 Å². The van der Waals surface area contributed by atoms with Crippen LogP contribution in [0.1, 0.15) is 50.0 Å². The highest BCUT2D eigenvalue weighted by molar-refractivity contribution is 7.88. The first-order chi connectivity index (χ1) is 14.3. The molecule has 1 N–H and O–H groups in total. The molecule has 1 aromatic carbocycles. The van der Waals surface area contributed by atoms with Gasteiger partial charge in [0.05, 0.1) is 31.6 Å². The summed E-state index contributed by atoms with van der Waals surface area (Å²) in [6, 6.07) is 7.82. The Morgan fingerprint density at radius 3 is 2.57 bits per heavy atom. The van der Waals surface area contributed by atoms with Crippen LogP contribution >= 0.6 is 0 Å². The van der Waals surface area contributed by atoms with E-state index in [4.69, 9.17) is 4.74 Å². The second kappa shape index (κ2) is 8.85. The Bertz CT molecular complexity index is 867. The monoisotopic (exact) mass is 435 g/mol. The molecule has 1 amide bonds. The number of benzene rings is 1. The summed E-state index contributed by atoms with van der Waals surface area (Å²) in [6.45, 7) is 1.29. The molecule has 1 saturated heterocycles. The smallest absolute Gasteiger partial charge is 0.242 e. The van der Waals surface area contributed by atoms with Crippen molar-refractivity contribution in [1.29, 1.82) is 0 Å². The van der Waals surface area contributed by atoms with Crippen LogP contribution in [0, 0.1) is 0 Å². The van der Waals surface area contributed by atoms with Gasteiger partial charge in [-0.05, 0) is 56.1 Å². The van der Waals surface area contributed by atoms with Gasteiger partial charge in [-0.25, -0.2) is 13.1 Å². The lowest BCUT2D eigenvalue weighted by atomic mass is 9.82. The summed E-state index contributed by atoms with van der Waals surface area (Å²) in [5.74, 6) is 0.508. The Hall–Kier alpha value is -1.64. The van der Waals surface area contributed by atoms with Crippen molar-refractivity contribution in [3.05, 3.63) is 29.8 Å². The number of fused-ring (bicyclic) bond motifs is 5. The van der Waals surface area contributed by atoms with Crippen molar-refractivity contribution in [2.45, 2.75) is 62.6 Å². The number of hydrogen-bond donors (Lipinski definition) is 1. The lowest BCUT2D eigenvalue weighted by Crippen LogP contribution is -2.60. The van der Waals surface area contributed by atoms with Crippen molar-refractivity contribution in [3.8, 4) is 0 Å². The van der Waals surface area contributed by atoms with Crippen molar-refractivity contribution in [3.63, 3.8) is 0 Å². The minimum absolute atomic E-state index is 0.0208. The van der Waals surface area contributed by atoms with Crippen molar-refractivity contribution >= 4 is 21.6 Å². The number of likely N-dealkylation sites (N-methyl/N-ethyl adjacent to an activating group) is 1. The van der Waals surface area contributed by atoms with Crippen molar-refractivity contribution < 1.29 is 17.9 Å². The highest BCUT2D eigenvalue weighted by atomic mass is 32.2. The largest absolute Gasteiger partial charge is 0.376 e. The molecule has 0 spiro atoms. The molecular weight excluding hydrogens is 402 g/mol. The van der Waals surface area contributed by atoms with E-state index >= 15 is 0 Å². The van der Waals surface area contributed by atoms with Gasteiger partial charge in [-0.15, -0.1) is 0 Å². The van der Waals surface area contributed by atoms with Crippen LogP contribution < -0.4 is 9.62 Å². The van der Waals surface area contributed by atoms with Gasteiger partial charge in [0.2, 0.25) is 15.9 Å². The Kier molecular flexibility index (Phi) is 6.36. The normalized spacial score (nSPS) is 30.7. The molecule has 3 heterocycles. The minimum Gasteiger partial charge on any atom is -0.376 e. The second-order valence-electron chi connectivity index (χ2n) is 9.02. The summed E-state index contributed by atoms with van der Waals surface area (Å²) in [5.41, 5.74) is 2.44. The SMILES string of the molecule is CN1CC(=O)N2CCCC(NS(C)(=O)=O)C2COC2CCC(CC2)c2ccccc21. The number of anilines is 1. The minimum atomic E-state index is -3.36. The van der Waals surface area contributed by atoms with E-state index in [1.807, 2.05) is 22.9 Å². The third kappa shape index (κ3) is 4.81. The van der Waals surface area contributed by atoms with Gasteiger partial charge in [0.15, 0.2) is 0 Å². The number of nitrogens with zero attached hydrogens (tertiary/aromatic N) is 2. The lowest BCUT2D eigenvalue weighted by molar-refractivity contribution is -0.136. The third-order valence-electron chi connectivity index (χ3n) is 6.80. The first-order valence-electron chi connectivity index (χ1n) is 11.0. The zero-order chi connectivity index (χ0) is 21.3. The van der Waals surface area contributed by atoms with E-state index in [1.165, 1.54) is 11.8 Å². The molecule has 4 aliphatic rings. The maximum atomic E-state index is 13.3. The third-order valence-corrected chi connectivity index (χ3v) is 7.53. The van der Waals surface area contributed by atoms with Gasteiger partial charge in [-0.3, -0.25) is 4.79 Å². The summed E-state index contributed by atoms with van der Waals surface area (Å²) < 4.78 is 32.9. The maximum absolute atomic E-state index is 13.3. The zero-order valence-corrected chi connectivity index (χ0v) is 18.7. The number of amides is 1. The number of hydrogen-bond acceptors (Lipinski definition) is 5. The Morgan fingerprint density at radius 2 is 1.83 bits per heavy atom. The summed E-state index contributed by atoms with van der Waals surface area (Å²) >= 11 is 0. The van der Waals surface area contributed by atoms with Crippen LogP contribution in [0.2, 0.25) is 0 Å². The number of ether oxygens (including phenoxy) is 1. The molecule has 1 aliphatic carbocycles. The summed E-state index contributed by atoms with van der Waals surface area (Å²) in [5, 5.41) is 0. The van der Waals surface area contributed by atoms with E-state index in [2.05, 4.69) is 22.9 Å². The zero-order valence-electron chi connectivity index (χ0n) is 17.9. The van der Waals surface area contributed by atoms with E-state index in [1.54, 1.807) is 0 Å². The lowest BCUT2D eigenvalue weighted by Gasteiger charge is -2.42. The first-order valence-corrected chi connectivity index (χ1v) is 12.9. The highest BCUT2D eigenvalue weighted by Gasteiger charge is 2.37. The Labute approximate surface area is 179 Å². The van der Waals surface area contributed by atoms with Crippen LogP contribution in [0.4, 0.5) is 5.69 Å². The van der Waals surface area contributed by atoms with E-state index < -0.39 is 10.0 Å². The number of carbonyl (C=O) groups is 1. The van der Waals surface area contributed by atoms with Crippen molar-refractivity contribution in [2.75, 3.05) is 37.9 Å². The van der Waals surface area contributed by atoms with Gasteiger partial charge >= 0.3 is 0 Å². The molecular formula is C22H33N3O4S. The van der Waals surface area contributed by atoms with Gasteiger partial charge in [0.25, 0.3) is 0 Å². The molecule has 3 aliphatic heterocycles. The van der Waals surface area contributed by atoms with Crippen LogP contribution in [0.25, 0.3) is 0 Å². The summed E-state index contributed by atoms with van der Waals surface area (Å²) in [6.07, 6.45) is 6.98. The first kappa shape index (κ1) is 21.6. The quantitative estimate of drug-likeness (QED) is 0.770. The summed E-state index contributed by atoms with van der Waals surface area (Å²) in [7, 11) is -1.39. The highest BCUT2D eigenvalue weighted by Crippen LogP contribution is 2.39. The van der Waals surface area contributed by atoms with E-state index in [-0.39, 0.29) is 30.6 Å². The molecule has 2 atom stereocenters. The maximum Gasteiger partial charge on any atom is 0.242 e. The van der Waals surface area contributed by atoms with Crippen molar-refractivity contribution in [2.24, 2.45) is 0 Å². The number of nitrogens with one attached hydrogen (secondary N) is 1. The number of para-hydroxylation sites is 1. The second-order valence-corrected chi connectivity index (χ2v) is 10.8. The average molecular weight is 436 g/mol. The van der Waals surface area contributed by atoms with Gasteiger partial charge in [-0.1, -0.05) is 18.2 Å². The van der Waals surface area contributed by atoms with Crippen LogP contribution in [0.15, 0.2) is 24.3 Å². The number of sulfonamides is 1. The van der Waals surface area contributed by atoms with Crippen LogP contribution in [0.5, 0.6) is 0 Å². The molecule has 30 heavy (non-hydrogen) atoms. The van der Waals surface area contributed by atoms with Crippen LogP contribution in [-0.4, -0.2) is 70.4 Å². The molecule has 166 valence electrons. The van der Waals surface area contributed by atoms with Gasteiger partial charge in [-0.2, -0.15) is 0 Å². The molecule has 5 rings (SSSR count). The molecule has 8 heteroatoms. The molecule has 0 radical (unpaired) electrons. The number of carbonyl (C=O) groups excluding carboxylic acids is 1. The molecule has 0 aromatic heterocycles. The fraction of sp³-hybridized carbons (Fsp3) is 0.682. The number of piperidine rings is 1. The Balaban J connectivity index is 1.65. The van der Waals surface area contributed by atoms with E-state index in [0.717, 1.165) is 44.2 Å². The molecule has 2 bridgehead atoms. The Morgan fingerprint density at radius 1 is 1.10 bits per heavy atom. The van der Waals surface area contributed by atoms with E-state index in [0.29, 0.717) is 19.1 Å². The molecule has 2 fully saturated rings. The molecule has 2 unspecified atom stereocenters. The molecule has 1 aromatic rings. The van der Waals surface area contributed by atoms with Crippen LogP contribution in [0.3, 0.4) is 0 Å². The predicted molar refractivity (Wildman–Crippen MR) is 117 cm³/mol. The summed E-state index contributed by atoms with van der Waals surface area (Å²) in [4.78, 5) is 17.2. The fourth-order valence-corrected chi connectivity index (χ4v) is 6.14. The predicted octanol–water partition coefficient (Wildman–Crippen LogP) is 2.09. The van der Waals surface area contributed by atoms with Crippen molar-refractivity contribution in [1.82, 2.24) is 9.62 Å². The standard InChI is InChI=1S/C22H33N3O4S/c1-24-14-22(26)25-13-5-7-19(23-30(2,27)28)21(25)15-29-17-11-9-16(10-12-17)18-6-3-4-8-20(18)24/h3-4,6,8,16-17,19,21,23H,5,7,9-15H2,1-2H3.